The average molecular weight is 811 g/mol. The summed E-state index contributed by atoms with van der Waals surface area (Å²) in [7, 11) is -15.5. The molecule has 10 N–H and O–H groups in total. The van der Waals surface area contributed by atoms with E-state index in [1.54, 1.807) is 19.1 Å². The molecule has 2 aliphatic heterocycles. The zero-order chi connectivity index (χ0) is 38.6. The number of aromatic amines is 1. The molecule has 6 rings (SSSR count). The molecule has 0 spiro atoms. The molecular formula is C25H32N8O17P2S. The summed E-state index contributed by atoms with van der Waals surface area (Å²) in [5.74, 6) is -0.297. The number of imidazole rings is 1. The monoisotopic (exact) mass is 810 g/mol. The Morgan fingerprint density at radius 3 is 2.34 bits per heavy atom. The molecule has 4 aromatic rings. The van der Waals surface area contributed by atoms with Gasteiger partial charge in [0, 0.05) is 0 Å². The smallest absolute Gasteiger partial charge is 0.388 e. The van der Waals surface area contributed by atoms with Gasteiger partial charge in [0.1, 0.15) is 42.7 Å². The van der Waals surface area contributed by atoms with Crippen LogP contribution in [0.1, 0.15) is 11.8 Å². The number of phosphoric ester groups is 2. The highest BCUT2D eigenvalue weighted by atomic mass is 32.2. The normalized spacial score (nSPS) is 30.3. The van der Waals surface area contributed by atoms with Crippen molar-refractivity contribution in [2.45, 2.75) is 78.6 Å². The topological polar surface area (TPSA) is 376 Å². The number of anilines is 1. The van der Waals surface area contributed by atoms with Gasteiger partial charge in [-0.2, -0.15) is 9.29 Å². The fourth-order valence-corrected chi connectivity index (χ4v) is 8.67. The van der Waals surface area contributed by atoms with E-state index in [0.717, 1.165) is 27.3 Å². The van der Waals surface area contributed by atoms with Gasteiger partial charge < -0.3 is 50.5 Å². The lowest BCUT2D eigenvalue weighted by Gasteiger charge is -2.40. The summed E-state index contributed by atoms with van der Waals surface area (Å²) >= 11 is 0. The van der Waals surface area contributed by atoms with Crippen LogP contribution in [0.5, 0.6) is 0 Å². The van der Waals surface area contributed by atoms with Crippen molar-refractivity contribution >= 4 is 42.6 Å². The van der Waals surface area contributed by atoms with Crippen LogP contribution in [-0.4, -0.2) is 134 Å². The van der Waals surface area contributed by atoms with Gasteiger partial charge in [-0.3, -0.25) is 23.4 Å². The van der Waals surface area contributed by atoms with E-state index in [0.29, 0.717) is 0 Å². The van der Waals surface area contributed by atoms with Crippen molar-refractivity contribution in [2.24, 2.45) is 0 Å². The van der Waals surface area contributed by atoms with Crippen LogP contribution in [0.15, 0.2) is 51.5 Å². The summed E-state index contributed by atoms with van der Waals surface area (Å²) in [5, 5.41) is 59.1. The first-order chi connectivity index (χ1) is 24.8. The maximum atomic E-state index is 12.9. The van der Waals surface area contributed by atoms with Gasteiger partial charge in [-0.15, -0.1) is 5.10 Å². The van der Waals surface area contributed by atoms with E-state index in [2.05, 4.69) is 34.1 Å². The van der Waals surface area contributed by atoms with Crippen LogP contribution in [-0.2, 0) is 48.3 Å². The van der Waals surface area contributed by atoms with Crippen LogP contribution < -0.4 is 11.3 Å². The van der Waals surface area contributed by atoms with Crippen LogP contribution in [0.25, 0.3) is 11.2 Å². The standard InChI is InChI=1S/C25H32N8O17P2S/c1-10-2-4-11(5-3-10)53(44,45)14-7-32(31-30-14)6-12-16(34)18(36)20(38)24(48-12)49-52(42,43)50-51(40,41)46-8-13-17(35)19(37)23(47-13)33-9-27-15-21(33)28-25(26)29-22(15)39/h2-5,7,9,12-13,16-20,23-24,34-38H,6,8H2,1H3,(H,40,41)(H,42,43)(H3,26,28,29,39)/t12-,13+,16+,17+,18+,19+,20-,23+,24+/m0/s1. The number of ether oxygens (including phenoxy) is 2. The fourth-order valence-electron chi connectivity index (χ4n) is 5.37. The number of nitrogens with two attached hydrogens (primary N) is 1. The molecule has 2 fully saturated rings. The number of aromatic nitrogens is 7. The van der Waals surface area contributed by atoms with Crippen molar-refractivity contribution in [2.75, 3.05) is 12.3 Å². The highest BCUT2D eigenvalue weighted by Gasteiger charge is 2.50. The summed E-state index contributed by atoms with van der Waals surface area (Å²) in [6, 6.07) is 5.86. The Kier molecular flexibility index (Phi) is 10.8. The van der Waals surface area contributed by atoms with Gasteiger partial charge in [0.2, 0.25) is 20.8 Å². The Bertz CT molecular complexity index is 2240. The Labute approximate surface area is 296 Å². The molecule has 0 saturated carbocycles. The largest absolute Gasteiger partial charge is 0.483 e. The van der Waals surface area contributed by atoms with Crippen molar-refractivity contribution in [3.63, 3.8) is 0 Å². The number of aliphatic hydroxyl groups excluding tert-OH is 5. The molecule has 290 valence electrons. The lowest BCUT2D eigenvalue weighted by atomic mass is 9.99. The van der Waals surface area contributed by atoms with Gasteiger partial charge in [0.25, 0.3) is 5.56 Å². The summed E-state index contributed by atoms with van der Waals surface area (Å²) in [6.45, 7) is 0.169. The number of aryl methyl sites for hydroxylation is 1. The second-order valence-corrected chi connectivity index (χ2v) is 16.7. The SMILES string of the molecule is Cc1ccc(S(=O)(=O)c2cn(C[C@@H]3O[C@H](OP(=O)(O)OP(=O)(O)OC[C@H]4O[C@@H](n5cnc6c(=O)[nH]c(N)nc65)[C@H](O)[C@@H]4O)[C@@H](O)[C@H](O)[C@@H]3O)nn2)cc1. The Morgan fingerprint density at radius 2 is 1.64 bits per heavy atom. The molecule has 0 radical (unpaired) electrons. The van der Waals surface area contributed by atoms with Gasteiger partial charge in [-0.1, -0.05) is 22.9 Å². The maximum absolute atomic E-state index is 12.9. The molecule has 25 nitrogen and oxygen atoms in total. The number of aliphatic hydroxyl groups is 5. The van der Waals surface area contributed by atoms with Crippen LogP contribution in [0, 0.1) is 6.92 Å². The summed E-state index contributed by atoms with van der Waals surface area (Å²) < 4.78 is 77.7. The summed E-state index contributed by atoms with van der Waals surface area (Å²) in [4.78, 5) is 42.4. The Hall–Kier alpha value is -3.56. The van der Waals surface area contributed by atoms with Crippen LogP contribution in [0.4, 0.5) is 5.95 Å². The number of sulfone groups is 1. The lowest BCUT2D eigenvalue weighted by Crippen LogP contribution is -2.58. The van der Waals surface area contributed by atoms with Crippen molar-refractivity contribution < 1.29 is 75.7 Å². The number of nitrogens with one attached hydrogen (secondary N) is 1. The van der Waals surface area contributed by atoms with E-state index in [-0.39, 0.29) is 22.0 Å². The van der Waals surface area contributed by atoms with Gasteiger partial charge in [0.05, 0.1) is 30.6 Å². The fraction of sp³-hybridized carbons (Fsp3) is 0.480. The average Bonchev–Trinajstić information content (AvgIpc) is 3.79. The van der Waals surface area contributed by atoms with E-state index in [1.165, 1.54) is 12.1 Å². The number of hydrogen-bond acceptors (Lipinski definition) is 20. The number of H-pyrrole nitrogens is 1. The van der Waals surface area contributed by atoms with E-state index in [4.69, 9.17) is 19.7 Å². The first-order valence-electron chi connectivity index (χ1n) is 15.1. The number of rotatable bonds is 12. The molecule has 28 heteroatoms. The number of nitrogen functional groups attached to an aromatic ring is 1. The van der Waals surface area contributed by atoms with Gasteiger partial charge >= 0.3 is 15.6 Å². The molecule has 3 aromatic heterocycles. The van der Waals surface area contributed by atoms with Crippen molar-refractivity contribution in [3.8, 4) is 0 Å². The minimum absolute atomic E-state index is 0.0840. The van der Waals surface area contributed by atoms with Gasteiger partial charge in [-0.05, 0) is 19.1 Å². The molecule has 53 heavy (non-hydrogen) atoms. The number of nitrogens with zero attached hydrogens (tertiary/aromatic N) is 6. The van der Waals surface area contributed by atoms with Crippen LogP contribution >= 0.6 is 15.6 Å². The third-order valence-electron chi connectivity index (χ3n) is 8.07. The molecule has 5 heterocycles. The third-order valence-corrected chi connectivity index (χ3v) is 12.3. The highest BCUT2D eigenvalue weighted by molar-refractivity contribution is 7.91. The van der Waals surface area contributed by atoms with E-state index < -0.39 is 104 Å². The second kappa shape index (κ2) is 14.6. The van der Waals surface area contributed by atoms with Crippen molar-refractivity contribution in [1.29, 1.82) is 0 Å². The molecule has 0 amide bonds. The number of phosphoric acid groups is 2. The number of fused-ring (bicyclic) bond motifs is 1. The molecule has 2 unspecified atom stereocenters. The maximum Gasteiger partial charge on any atom is 0.483 e. The van der Waals surface area contributed by atoms with Gasteiger partial charge in [0.15, 0.2) is 23.7 Å². The number of hydrogen-bond donors (Lipinski definition) is 9. The summed E-state index contributed by atoms with van der Waals surface area (Å²) in [5.41, 5.74) is 5.33. The van der Waals surface area contributed by atoms with Crippen LogP contribution in [0.3, 0.4) is 0 Å². The zero-order valence-corrected chi connectivity index (χ0v) is 29.5. The molecule has 1 aromatic carbocycles. The minimum atomic E-state index is -5.76. The number of benzene rings is 1. The second-order valence-electron chi connectivity index (χ2n) is 11.9. The van der Waals surface area contributed by atoms with E-state index in [9.17, 15) is 57.7 Å². The molecule has 2 saturated heterocycles. The minimum Gasteiger partial charge on any atom is -0.388 e. The molecule has 0 aliphatic carbocycles. The van der Waals surface area contributed by atoms with Crippen LogP contribution in [0.2, 0.25) is 0 Å². The first kappa shape index (κ1) is 39.1. The summed E-state index contributed by atoms with van der Waals surface area (Å²) in [6.07, 6.45) is -14.7. The highest BCUT2D eigenvalue weighted by Crippen LogP contribution is 2.61. The van der Waals surface area contributed by atoms with E-state index >= 15 is 0 Å². The first-order valence-corrected chi connectivity index (χ1v) is 19.6. The molecular weight excluding hydrogens is 778 g/mol. The lowest BCUT2D eigenvalue weighted by molar-refractivity contribution is -0.278. The Morgan fingerprint density at radius 1 is 0.962 bits per heavy atom. The van der Waals surface area contributed by atoms with Crippen molar-refractivity contribution in [1.82, 2.24) is 34.5 Å². The molecule has 11 atom stereocenters. The molecule has 2 aliphatic rings. The zero-order valence-electron chi connectivity index (χ0n) is 26.9. The van der Waals surface area contributed by atoms with Crippen molar-refractivity contribution in [3.05, 3.63) is 52.7 Å². The predicted molar refractivity (Wildman–Crippen MR) is 170 cm³/mol. The van der Waals surface area contributed by atoms with Gasteiger partial charge in [-0.25, -0.2) is 27.2 Å². The third kappa shape index (κ3) is 8.12. The molecule has 0 bridgehead atoms. The quantitative estimate of drug-likeness (QED) is 0.0637. The predicted octanol–water partition coefficient (Wildman–Crippen LogP) is -3.19. The van der Waals surface area contributed by atoms with E-state index in [1.807, 2.05) is 0 Å². The Balaban J connectivity index is 1.08.